The van der Waals surface area contributed by atoms with Gasteiger partial charge in [-0.05, 0) is 70.2 Å². The normalized spacial score (nSPS) is 26.9. The molecule has 3 saturated heterocycles. The number of hydrogen-bond donors (Lipinski definition) is 1. The predicted molar refractivity (Wildman–Crippen MR) is 182 cm³/mol. The van der Waals surface area contributed by atoms with Crippen LogP contribution in [0.3, 0.4) is 0 Å². The van der Waals surface area contributed by atoms with E-state index in [1.165, 1.54) is 0 Å². The van der Waals surface area contributed by atoms with Gasteiger partial charge >= 0.3 is 5.97 Å². The second-order valence-electron chi connectivity index (χ2n) is 11.9. The number of thioether (sulfide) groups is 1. The Morgan fingerprint density at radius 2 is 1.77 bits per heavy atom. The largest absolute Gasteiger partial charge is 0.465 e. The number of likely N-dealkylation sites (tertiary alicyclic amines) is 1. The molecule has 44 heavy (non-hydrogen) atoms. The Hall–Kier alpha value is -2.30. The molecule has 3 heterocycles. The van der Waals surface area contributed by atoms with Crippen LogP contribution < -0.4 is 9.80 Å². The lowest BCUT2D eigenvalue weighted by molar-refractivity contribution is -0.154. The third kappa shape index (κ3) is 6.77. The van der Waals surface area contributed by atoms with E-state index in [1.54, 1.807) is 33.7 Å². The van der Waals surface area contributed by atoms with Crippen LogP contribution in [0.4, 0.5) is 11.4 Å². The van der Waals surface area contributed by atoms with Gasteiger partial charge < -0.3 is 24.5 Å². The number of benzene rings is 1. The molecule has 3 aliphatic heterocycles. The summed E-state index contributed by atoms with van der Waals surface area (Å²) >= 11 is 5.47. The molecule has 0 aromatic heterocycles. The molecule has 0 aliphatic carbocycles. The number of carbonyl (C=O) groups is 3. The summed E-state index contributed by atoms with van der Waals surface area (Å²) in [5.41, 5.74) is 1.85. The number of allylic oxidation sites excluding steroid dienone is 1. The summed E-state index contributed by atoms with van der Waals surface area (Å²) < 4.78 is 4.98. The van der Waals surface area contributed by atoms with Crippen molar-refractivity contribution in [1.29, 1.82) is 0 Å². The number of ether oxygens (including phenoxy) is 1. The van der Waals surface area contributed by atoms with Crippen molar-refractivity contribution in [3.63, 3.8) is 0 Å². The number of fused-ring (bicyclic) bond motifs is 1. The summed E-state index contributed by atoms with van der Waals surface area (Å²) in [6.07, 6.45) is 8.71. The maximum absolute atomic E-state index is 14.8. The van der Waals surface area contributed by atoms with E-state index in [0.717, 1.165) is 50.1 Å². The van der Waals surface area contributed by atoms with Gasteiger partial charge in [-0.2, -0.15) is 0 Å². The molecule has 3 fully saturated rings. The second kappa shape index (κ2) is 15.8. The Morgan fingerprint density at radius 3 is 2.41 bits per heavy atom. The highest BCUT2D eigenvalue weighted by Crippen LogP contribution is 2.68. The molecule has 1 spiro atoms. The maximum Gasteiger partial charge on any atom is 0.310 e. The van der Waals surface area contributed by atoms with Crippen molar-refractivity contribution in [2.75, 3.05) is 49.2 Å². The number of hydrogen-bond acceptors (Lipinski definition) is 7. The van der Waals surface area contributed by atoms with Crippen molar-refractivity contribution in [2.24, 2.45) is 11.8 Å². The lowest BCUT2D eigenvalue weighted by Gasteiger charge is -2.38. The molecule has 2 amide bonds. The monoisotopic (exact) mass is 689 g/mol. The fraction of sp³-hybridized carbons (Fsp3) is 0.618. The maximum atomic E-state index is 14.8. The number of nitrogens with zero attached hydrogens (tertiary/aromatic N) is 3. The third-order valence-electron chi connectivity index (χ3n) is 9.27. The summed E-state index contributed by atoms with van der Waals surface area (Å²) in [6.45, 7) is 14.8. The minimum absolute atomic E-state index is 0.0108. The van der Waals surface area contributed by atoms with Crippen molar-refractivity contribution >= 4 is 56.9 Å². The van der Waals surface area contributed by atoms with Crippen molar-refractivity contribution in [3.8, 4) is 0 Å². The second-order valence-corrected chi connectivity index (χ2v) is 14.6. The lowest BCUT2D eigenvalue weighted by atomic mass is 9.71. The first-order chi connectivity index (χ1) is 21.3. The van der Waals surface area contributed by atoms with Crippen LogP contribution in [0, 0.1) is 11.8 Å². The van der Waals surface area contributed by atoms with Gasteiger partial charge in [0, 0.05) is 54.2 Å². The SMILES string of the molecule is C=CCCCOC(=O)[C@H]1[C@H]2C(=O)N(CCCCCCO)C(C(=O)N(CC=C)c3ccc(N(CC)CC)cc3)C23CC(Br)[C@@H]1S3. The van der Waals surface area contributed by atoms with Gasteiger partial charge in [0.1, 0.15) is 6.04 Å². The molecule has 0 saturated carbocycles. The van der Waals surface area contributed by atoms with Gasteiger partial charge in [0.25, 0.3) is 5.91 Å². The summed E-state index contributed by atoms with van der Waals surface area (Å²) in [5, 5.41) is 9.09. The van der Waals surface area contributed by atoms with Crippen molar-refractivity contribution < 1.29 is 24.2 Å². The van der Waals surface area contributed by atoms with Crippen molar-refractivity contribution in [2.45, 2.75) is 79.7 Å². The zero-order valence-electron chi connectivity index (χ0n) is 26.2. The number of esters is 1. The molecule has 1 aromatic rings. The van der Waals surface area contributed by atoms with Crippen LogP contribution in [0.1, 0.15) is 58.8 Å². The fourth-order valence-electron chi connectivity index (χ4n) is 7.19. The molecule has 1 aromatic carbocycles. The Labute approximate surface area is 275 Å². The van der Waals surface area contributed by atoms with Gasteiger partial charge in [-0.1, -0.05) is 40.9 Å². The molecule has 4 rings (SSSR count). The van der Waals surface area contributed by atoms with Crippen LogP contribution in [0.15, 0.2) is 49.6 Å². The molecule has 0 radical (unpaired) electrons. The molecule has 2 bridgehead atoms. The zero-order chi connectivity index (χ0) is 31.9. The molecule has 3 aliphatic rings. The van der Waals surface area contributed by atoms with Crippen molar-refractivity contribution in [1.82, 2.24) is 4.90 Å². The smallest absolute Gasteiger partial charge is 0.310 e. The Kier molecular flexibility index (Phi) is 12.4. The first-order valence-corrected chi connectivity index (χ1v) is 17.9. The number of halogens is 1. The average molecular weight is 691 g/mol. The Morgan fingerprint density at radius 1 is 1.09 bits per heavy atom. The van der Waals surface area contributed by atoms with Gasteiger partial charge in [-0.25, -0.2) is 0 Å². The van der Waals surface area contributed by atoms with Gasteiger partial charge in [-0.15, -0.1) is 24.9 Å². The van der Waals surface area contributed by atoms with Crippen LogP contribution in [-0.2, 0) is 19.1 Å². The topological polar surface area (TPSA) is 90.4 Å². The minimum atomic E-state index is -0.733. The molecule has 3 unspecified atom stereocenters. The van der Waals surface area contributed by atoms with Crippen molar-refractivity contribution in [3.05, 3.63) is 49.6 Å². The van der Waals surface area contributed by atoms with E-state index in [-0.39, 0.29) is 41.1 Å². The fourth-order valence-corrected chi connectivity index (χ4v) is 10.8. The Balaban J connectivity index is 1.68. The van der Waals surface area contributed by atoms with Crippen LogP contribution >= 0.6 is 27.7 Å². The highest BCUT2D eigenvalue weighted by molar-refractivity contribution is 9.09. The molecule has 10 heteroatoms. The number of unbranched alkanes of at least 4 members (excludes halogenated alkanes) is 4. The first-order valence-electron chi connectivity index (χ1n) is 16.1. The highest BCUT2D eigenvalue weighted by atomic mass is 79.9. The predicted octanol–water partition coefficient (Wildman–Crippen LogP) is 5.58. The van der Waals surface area contributed by atoms with E-state index in [9.17, 15) is 19.5 Å². The van der Waals surface area contributed by atoms with E-state index in [4.69, 9.17) is 4.74 Å². The van der Waals surface area contributed by atoms with E-state index in [0.29, 0.717) is 32.4 Å². The molecule has 242 valence electrons. The van der Waals surface area contributed by atoms with Crippen LogP contribution in [0.2, 0.25) is 0 Å². The van der Waals surface area contributed by atoms with Crippen LogP contribution in [-0.4, -0.2) is 88.0 Å². The van der Waals surface area contributed by atoms with E-state index in [2.05, 4.69) is 47.8 Å². The van der Waals surface area contributed by atoms with Gasteiger partial charge in [0.05, 0.1) is 23.2 Å². The first kappa shape index (κ1) is 34.6. The summed E-state index contributed by atoms with van der Waals surface area (Å²) in [4.78, 5) is 48.4. The molecule has 8 nitrogen and oxygen atoms in total. The standard InChI is InChI=1S/C34H48BrN3O5S/c1-5-9-14-22-43-33(42)27-28-31(40)38(20-12-10-11-13-21-39)30(34(28)23-26(35)29(27)44-34)32(41)37(19-6-2)25-17-15-24(16-18-25)36(7-3)8-4/h5-6,15-18,26-30,39H,1-2,7-14,19-23H2,3-4H3/t26?,27-,28-,29-,30?,34?/m0/s1. The molecule has 1 N–H and O–H groups in total. The number of carbonyl (C=O) groups excluding carboxylic acids is 3. The van der Waals surface area contributed by atoms with E-state index in [1.807, 2.05) is 24.3 Å². The van der Waals surface area contributed by atoms with E-state index >= 15 is 0 Å². The lowest BCUT2D eigenvalue weighted by Crippen LogP contribution is -2.55. The number of aliphatic hydroxyl groups is 1. The molecular formula is C34H48BrN3O5S. The zero-order valence-corrected chi connectivity index (χ0v) is 28.6. The minimum Gasteiger partial charge on any atom is -0.465 e. The number of alkyl halides is 1. The average Bonchev–Trinajstić information content (AvgIpc) is 3.62. The van der Waals surface area contributed by atoms with Gasteiger partial charge in [0.2, 0.25) is 5.91 Å². The highest BCUT2D eigenvalue weighted by Gasteiger charge is 2.76. The summed E-state index contributed by atoms with van der Waals surface area (Å²) in [5.74, 6) is -1.82. The summed E-state index contributed by atoms with van der Waals surface area (Å²) in [6, 6.07) is 7.29. The number of anilines is 2. The molecule has 6 atom stereocenters. The Bertz CT molecular complexity index is 1180. The van der Waals surface area contributed by atoms with E-state index < -0.39 is 22.6 Å². The molecular weight excluding hydrogens is 642 g/mol. The van der Waals surface area contributed by atoms with Gasteiger partial charge in [0.15, 0.2) is 0 Å². The summed E-state index contributed by atoms with van der Waals surface area (Å²) in [7, 11) is 0. The van der Waals surface area contributed by atoms with Crippen LogP contribution in [0.5, 0.6) is 0 Å². The van der Waals surface area contributed by atoms with Crippen LogP contribution in [0.25, 0.3) is 0 Å². The quantitative estimate of drug-likeness (QED) is 0.0932. The van der Waals surface area contributed by atoms with Gasteiger partial charge in [-0.3, -0.25) is 14.4 Å². The third-order valence-corrected chi connectivity index (χ3v) is 12.5. The number of amides is 2. The number of aliphatic hydroxyl groups excluding tert-OH is 1. The number of rotatable bonds is 18.